The first-order valence-electron chi connectivity index (χ1n) is 33.3. The molecule has 1 aliphatic carbocycles. The van der Waals surface area contributed by atoms with E-state index in [4.69, 9.17) is 32.7 Å². The van der Waals surface area contributed by atoms with Gasteiger partial charge in [-0.1, -0.05) is 83.5 Å². The minimum absolute atomic E-state index is 0.0359. The Labute approximate surface area is 575 Å². The SMILES string of the molecule is C=CC(=O)N1C[C@@H]2C(=O)N(C3CC(C)C3)c3c(c4cc(Cl)c(-c5c(F)cccc5OC)c(F)c4n(-c4c(C)ccnc4C(C)C)c3=O)N2C[C@H]1C.COc1cccc(F)c1-c1c(Cl)cc2c3c(c(=O)n(-c4c(C)ccnc4C(C)C)c2c1F)N(C1CN(C)C1)C(=O)[C@H]1CC[C@H](C)CN31. The minimum Gasteiger partial charge on any atom is -0.496 e. The fourth-order valence-corrected chi connectivity index (χ4v) is 16.4. The summed E-state index contributed by atoms with van der Waals surface area (Å²) < 4.78 is 80.3. The smallest absolute Gasteiger partial charge is 0.281 e. The van der Waals surface area contributed by atoms with Gasteiger partial charge in [0.2, 0.25) is 11.8 Å². The van der Waals surface area contributed by atoms with Gasteiger partial charge in [-0.2, -0.15) is 0 Å². The van der Waals surface area contributed by atoms with Crippen LogP contribution in [0.15, 0.2) is 95.3 Å². The largest absolute Gasteiger partial charge is 0.496 e. The van der Waals surface area contributed by atoms with Crippen molar-refractivity contribution in [2.45, 2.75) is 130 Å². The number of anilines is 4. The number of methoxy groups -OCH3 is 2. The van der Waals surface area contributed by atoms with Crippen LogP contribution in [0.5, 0.6) is 11.5 Å². The number of likely N-dealkylation sites (N-methyl/N-ethyl adjacent to an activating group) is 1. The van der Waals surface area contributed by atoms with Gasteiger partial charge in [0.15, 0.2) is 11.6 Å². The summed E-state index contributed by atoms with van der Waals surface area (Å²) in [5.41, 5.74) is 2.40. The molecule has 0 bridgehead atoms. The number of carbonyl (C=O) groups excluding carboxylic acids is 3. The Kier molecular flexibility index (Phi) is 17.9. The molecule has 0 radical (unpaired) electrons. The fourth-order valence-electron chi connectivity index (χ4n) is 15.9. The number of amides is 3. The van der Waals surface area contributed by atoms with Crippen molar-refractivity contribution in [1.29, 1.82) is 0 Å². The number of pyridine rings is 4. The molecule has 4 aromatic heterocycles. The lowest BCUT2D eigenvalue weighted by Gasteiger charge is -2.53. The van der Waals surface area contributed by atoms with Crippen molar-refractivity contribution in [2.24, 2.45) is 11.8 Å². The lowest BCUT2D eigenvalue weighted by molar-refractivity contribution is -0.131. The molecule has 4 fully saturated rings. The van der Waals surface area contributed by atoms with Crippen LogP contribution in [0.3, 0.4) is 0 Å². The van der Waals surface area contributed by atoms with Crippen LogP contribution in [0.4, 0.5) is 40.3 Å². The summed E-state index contributed by atoms with van der Waals surface area (Å²) in [5, 5.41) is 0.512. The summed E-state index contributed by atoms with van der Waals surface area (Å²) in [5.74, 6) is -3.55. The molecule has 5 aliphatic heterocycles. The summed E-state index contributed by atoms with van der Waals surface area (Å²) >= 11 is 13.9. The third-order valence-corrected chi connectivity index (χ3v) is 21.2. The van der Waals surface area contributed by atoms with Crippen molar-refractivity contribution in [3.63, 3.8) is 0 Å². The van der Waals surface area contributed by atoms with Gasteiger partial charge >= 0.3 is 0 Å². The third-order valence-electron chi connectivity index (χ3n) is 20.6. The predicted octanol–water partition coefficient (Wildman–Crippen LogP) is 13.9. The van der Waals surface area contributed by atoms with Crippen molar-refractivity contribution in [1.82, 2.24) is 28.9 Å². The first-order valence-corrected chi connectivity index (χ1v) is 34.1. The normalized spacial score (nSPS) is 20.8. The molecule has 4 aromatic carbocycles. The highest BCUT2D eigenvalue weighted by Gasteiger charge is 2.52. The lowest BCUT2D eigenvalue weighted by atomic mass is 9.79. The van der Waals surface area contributed by atoms with Gasteiger partial charge in [0, 0.05) is 72.6 Å². The van der Waals surface area contributed by atoms with Crippen LogP contribution in [-0.2, 0) is 14.4 Å². The Morgan fingerprint density at radius 2 is 1.05 bits per heavy atom. The van der Waals surface area contributed by atoms with Crippen molar-refractivity contribution >= 4 is 85.5 Å². The van der Waals surface area contributed by atoms with E-state index in [0.717, 1.165) is 6.42 Å². The Balaban J connectivity index is 0.000000177. The number of hydrogen-bond acceptors (Lipinski definition) is 12. The molecular formula is C75H78Cl2F4N10O7. The molecule has 9 heterocycles. The average molecular weight is 1380 g/mol. The van der Waals surface area contributed by atoms with Crippen LogP contribution in [0.1, 0.15) is 109 Å². The topological polar surface area (TPSA) is 159 Å². The predicted molar refractivity (Wildman–Crippen MR) is 377 cm³/mol. The van der Waals surface area contributed by atoms with E-state index in [1.165, 1.54) is 59.8 Å². The van der Waals surface area contributed by atoms with E-state index in [1.54, 1.807) is 57.4 Å². The Hall–Kier alpha value is -8.79. The molecule has 3 amide bonds. The molecule has 6 aliphatic rings. The van der Waals surface area contributed by atoms with Crippen LogP contribution in [0, 0.1) is 49.0 Å². The third kappa shape index (κ3) is 10.7. The highest BCUT2D eigenvalue weighted by molar-refractivity contribution is 6.35. The summed E-state index contributed by atoms with van der Waals surface area (Å²) in [4.78, 5) is 92.8. The Morgan fingerprint density at radius 3 is 1.49 bits per heavy atom. The fraction of sp³-hybridized carbons (Fsp3) is 0.400. The van der Waals surface area contributed by atoms with Crippen LogP contribution < -0.4 is 40.2 Å². The van der Waals surface area contributed by atoms with Crippen molar-refractivity contribution < 1.29 is 41.4 Å². The number of likely N-dealkylation sites (tertiary alicyclic amines) is 1. The number of aromatic nitrogens is 4. The molecule has 8 aromatic rings. The molecule has 0 unspecified atom stereocenters. The van der Waals surface area contributed by atoms with E-state index in [2.05, 4.69) is 35.3 Å². The number of carbonyl (C=O) groups is 3. The van der Waals surface area contributed by atoms with Gasteiger partial charge < -0.3 is 34.0 Å². The number of piperidine rings is 1. The molecule has 0 N–H and O–H groups in total. The van der Waals surface area contributed by atoms with Crippen LogP contribution in [0.25, 0.3) is 55.4 Å². The maximum absolute atomic E-state index is 17.8. The highest BCUT2D eigenvalue weighted by atomic mass is 35.5. The number of aryl methyl sites for hydroxylation is 2. The molecule has 1 saturated carbocycles. The second kappa shape index (κ2) is 25.8. The number of benzene rings is 4. The maximum Gasteiger partial charge on any atom is 0.281 e. The molecule has 23 heteroatoms. The molecule has 98 heavy (non-hydrogen) atoms. The number of fused-ring (bicyclic) bond motifs is 10. The average Bonchev–Trinajstić information content (AvgIpc) is 0.701. The minimum atomic E-state index is -0.926. The molecule has 3 saturated heterocycles. The van der Waals surface area contributed by atoms with E-state index in [1.807, 2.05) is 65.3 Å². The van der Waals surface area contributed by atoms with E-state index >= 15 is 27.2 Å². The summed E-state index contributed by atoms with van der Waals surface area (Å²) in [7, 11) is 4.71. The number of halogens is 6. The van der Waals surface area contributed by atoms with E-state index < -0.39 is 46.5 Å². The summed E-state index contributed by atoms with van der Waals surface area (Å²) in [6.45, 7) is 23.1. The lowest BCUT2D eigenvalue weighted by Crippen LogP contribution is -2.68. The monoisotopic (exact) mass is 1380 g/mol. The van der Waals surface area contributed by atoms with Gasteiger partial charge in [-0.05, 0) is 143 Å². The number of rotatable bonds is 11. The van der Waals surface area contributed by atoms with Gasteiger partial charge in [-0.25, -0.2) is 17.6 Å². The maximum atomic E-state index is 17.8. The van der Waals surface area contributed by atoms with Crippen LogP contribution in [-0.4, -0.2) is 131 Å². The second-order valence-corrected chi connectivity index (χ2v) is 28.6. The quantitative estimate of drug-likeness (QED) is 0.0892. The van der Waals surface area contributed by atoms with E-state index in [0.29, 0.717) is 95.5 Å². The first kappa shape index (κ1) is 67.8. The van der Waals surface area contributed by atoms with Gasteiger partial charge in [-0.3, -0.25) is 48.0 Å². The van der Waals surface area contributed by atoms with Gasteiger partial charge in [0.1, 0.15) is 46.6 Å². The second-order valence-electron chi connectivity index (χ2n) is 27.8. The zero-order chi connectivity index (χ0) is 70.1. The number of hydrogen-bond donors (Lipinski definition) is 0. The zero-order valence-electron chi connectivity index (χ0n) is 56.9. The van der Waals surface area contributed by atoms with E-state index in [9.17, 15) is 14.4 Å². The van der Waals surface area contributed by atoms with Gasteiger partial charge in [0.25, 0.3) is 17.0 Å². The molecular weight excluding hydrogens is 1300 g/mol. The van der Waals surface area contributed by atoms with Crippen molar-refractivity contribution in [3.05, 3.63) is 162 Å². The first-order chi connectivity index (χ1) is 46.7. The number of ether oxygens (including phenoxy) is 2. The van der Waals surface area contributed by atoms with Crippen molar-refractivity contribution in [2.75, 3.05) is 73.6 Å². The van der Waals surface area contributed by atoms with Crippen LogP contribution in [0.2, 0.25) is 10.0 Å². The standard InChI is InChI=1S/C39H40ClF2N5O4.C36H38ClF2N5O3/c1-8-29(48)44-18-27-38(49)46(23-14-20(4)15-23)37-36(45(27)17-22(44)6)24-16-25(40)30(31-26(41)10-9-11-28(31)51-7)32(42)35(24)47(39(37)50)34-21(5)12-13-43-33(34)19(2)3;1-18(2)30-31(20(4)12-13-40-30)44-32-22(14-23(37)27(29(32)39)28-24(38)8-7-9-26(28)47-6)33-34(36(44)46)43(21-16-41(5)17-21)35(45)25-11-10-19(3)15-42(25)33/h8-13,16,19-20,22-23,27H,1,14-15,17-18H2,2-7H3;7-9,12-14,18-19,21,25H,10-11,15-17H2,1-6H3/t20?,22-,23?,27-;19-,25+/m10/s1. The van der Waals surface area contributed by atoms with Crippen molar-refractivity contribution in [3.8, 4) is 45.1 Å². The van der Waals surface area contributed by atoms with Crippen LogP contribution >= 0.6 is 23.2 Å². The zero-order valence-corrected chi connectivity index (χ0v) is 58.4. The van der Waals surface area contributed by atoms with Gasteiger partial charge in [0.05, 0.1) is 93.1 Å². The molecule has 512 valence electrons. The molecule has 14 rings (SSSR count). The van der Waals surface area contributed by atoms with E-state index in [-0.39, 0.29) is 138 Å². The molecule has 0 spiro atoms. The number of piperazine rings is 1. The number of nitrogens with zero attached hydrogens (tertiary/aromatic N) is 10. The Bertz CT molecular complexity index is 4800. The molecule has 4 atom stereocenters. The highest BCUT2D eigenvalue weighted by Crippen LogP contribution is 2.53. The summed E-state index contributed by atoms with van der Waals surface area (Å²) in [6.07, 6.45) is 7.35. The summed E-state index contributed by atoms with van der Waals surface area (Å²) in [6, 6.07) is 12.9. The Morgan fingerprint density at radius 1 is 0.592 bits per heavy atom. The van der Waals surface area contributed by atoms with Gasteiger partial charge in [-0.15, -0.1) is 0 Å². The molecule has 17 nitrogen and oxygen atoms in total.